The van der Waals surface area contributed by atoms with Gasteiger partial charge in [0, 0.05) is 0 Å². The van der Waals surface area contributed by atoms with Crippen molar-refractivity contribution in [1.29, 1.82) is 0 Å². The third-order valence-corrected chi connectivity index (χ3v) is 0.721. The Morgan fingerprint density at radius 2 is 1.89 bits per heavy atom. The molecule has 0 bridgehead atoms. The molecule has 0 amide bonds. The first-order valence-corrected chi connectivity index (χ1v) is 2.14. The summed E-state index contributed by atoms with van der Waals surface area (Å²) in [4.78, 5) is 9.58. The quantitative estimate of drug-likeness (QED) is 0.414. The molecule has 0 aliphatic carbocycles. The Hall–Kier alpha value is -0.450. The maximum atomic E-state index is 9.58. The molecule has 0 aromatic rings. The smallest absolute Gasteiger partial charge is 0.151 e. The zero-order valence-electron chi connectivity index (χ0n) is 4.19. The number of rotatable bonds is 3. The molecule has 0 unspecified atom stereocenters. The van der Waals surface area contributed by atoms with E-state index in [1.165, 1.54) is 0 Å². The molecule has 0 aromatic heterocycles. The largest absolute Gasteiger partial charge is 0.394 e. The summed E-state index contributed by atoms with van der Waals surface area (Å²) in [5, 5.41) is 24.8. The monoisotopic (exact) mass is 136 g/mol. The number of carbonyl (C=O) groups excluding carboxylic acids is 1. The summed E-state index contributed by atoms with van der Waals surface area (Å²) in [6.45, 7) is -0.597. The van der Waals surface area contributed by atoms with Crippen LogP contribution in [0.3, 0.4) is 0 Å². The summed E-state index contributed by atoms with van der Waals surface area (Å²) in [7, 11) is 0. The van der Waals surface area contributed by atoms with Gasteiger partial charge in [0.05, 0.1) is 6.61 Å². The first-order valence-electron chi connectivity index (χ1n) is 2.14. The highest BCUT2D eigenvalue weighted by Gasteiger charge is 2.12. The third kappa shape index (κ3) is 4.08. The van der Waals surface area contributed by atoms with E-state index in [1.54, 1.807) is 0 Å². The molecule has 56 valence electrons. The minimum absolute atomic E-state index is 0. The number of hydrogen-bond acceptors (Lipinski definition) is 4. The average Bonchev–Trinajstić information content (AvgIpc) is 1.84. The first kappa shape index (κ1) is 11.4. The van der Waals surface area contributed by atoms with Crippen LogP contribution in [0.4, 0.5) is 0 Å². The zero-order valence-corrected chi connectivity index (χ0v) is 4.19. The van der Waals surface area contributed by atoms with Crippen LogP contribution in [0.2, 0.25) is 0 Å². The molecular formula is C5H12O4. The Bertz CT molecular complexity index is 73.4. The molecule has 0 fully saturated rings. The summed E-state index contributed by atoms with van der Waals surface area (Å²) in [6.07, 6.45) is -2.63. The number of carbonyl (C=O) groups is 1. The normalized spacial score (nSPS) is 15.4. The van der Waals surface area contributed by atoms with Crippen LogP contribution in [0.25, 0.3) is 0 Å². The summed E-state index contributed by atoms with van der Waals surface area (Å²) < 4.78 is 0. The highest BCUT2D eigenvalue weighted by Crippen LogP contribution is 1.85. The third-order valence-electron chi connectivity index (χ3n) is 0.721. The molecule has 3 N–H and O–H groups in total. The summed E-state index contributed by atoms with van der Waals surface area (Å²) in [5.41, 5.74) is 0. The van der Waals surface area contributed by atoms with Crippen LogP contribution < -0.4 is 0 Å². The fraction of sp³-hybridized carbons (Fsp3) is 0.800. The molecule has 2 atom stereocenters. The van der Waals surface area contributed by atoms with Crippen LogP contribution in [0.1, 0.15) is 7.43 Å². The molecule has 0 saturated carbocycles. The van der Waals surface area contributed by atoms with Crippen LogP contribution in [-0.4, -0.2) is 40.4 Å². The number of aliphatic hydroxyl groups is 3. The molecule has 4 heteroatoms. The van der Waals surface area contributed by atoms with E-state index < -0.39 is 18.8 Å². The Kier molecular flexibility index (Phi) is 7.17. The van der Waals surface area contributed by atoms with Gasteiger partial charge in [0.2, 0.25) is 0 Å². The van der Waals surface area contributed by atoms with Crippen LogP contribution >= 0.6 is 0 Å². The van der Waals surface area contributed by atoms with E-state index in [9.17, 15) is 4.79 Å². The molecule has 0 spiro atoms. The minimum atomic E-state index is -1.46. The van der Waals surface area contributed by atoms with Gasteiger partial charge >= 0.3 is 0 Å². The van der Waals surface area contributed by atoms with Crippen LogP contribution in [0.5, 0.6) is 0 Å². The second-order valence-electron chi connectivity index (χ2n) is 1.38. The van der Waals surface area contributed by atoms with Crippen molar-refractivity contribution in [1.82, 2.24) is 0 Å². The fourth-order valence-electron chi connectivity index (χ4n) is 0.199. The van der Waals surface area contributed by atoms with Gasteiger partial charge in [-0.25, -0.2) is 0 Å². The lowest BCUT2D eigenvalue weighted by atomic mass is 10.2. The predicted octanol–water partition coefficient (Wildman–Crippen LogP) is -1.46. The van der Waals surface area contributed by atoms with Crippen molar-refractivity contribution in [2.24, 2.45) is 0 Å². The van der Waals surface area contributed by atoms with Gasteiger partial charge in [0.1, 0.15) is 12.2 Å². The van der Waals surface area contributed by atoms with Gasteiger partial charge in [-0.2, -0.15) is 0 Å². The zero-order chi connectivity index (χ0) is 6.57. The maximum Gasteiger partial charge on any atom is 0.151 e. The number of aliphatic hydroxyl groups excluding tert-OH is 3. The highest BCUT2D eigenvalue weighted by molar-refractivity contribution is 5.56. The lowest BCUT2D eigenvalue weighted by Gasteiger charge is -2.06. The Balaban J connectivity index is 0. The van der Waals surface area contributed by atoms with E-state index in [-0.39, 0.29) is 13.7 Å². The van der Waals surface area contributed by atoms with Gasteiger partial charge in [-0.05, 0) is 0 Å². The van der Waals surface area contributed by atoms with Crippen LogP contribution in [-0.2, 0) is 4.79 Å². The highest BCUT2D eigenvalue weighted by atomic mass is 16.4. The molecule has 0 rings (SSSR count). The maximum absolute atomic E-state index is 9.58. The molecular weight excluding hydrogens is 124 g/mol. The Labute approximate surface area is 53.7 Å². The first-order chi connectivity index (χ1) is 3.72. The van der Waals surface area contributed by atoms with Crippen molar-refractivity contribution in [2.45, 2.75) is 19.6 Å². The van der Waals surface area contributed by atoms with Gasteiger partial charge in [-0.3, -0.25) is 0 Å². The summed E-state index contributed by atoms with van der Waals surface area (Å²) in [5.74, 6) is 0. The van der Waals surface area contributed by atoms with Crippen molar-refractivity contribution < 1.29 is 20.1 Å². The predicted molar refractivity (Wildman–Crippen MR) is 31.9 cm³/mol. The molecule has 0 aliphatic heterocycles. The van der Waals surface area contributed by atoms with E-state index >= 15 is 0 Å². The lowest BCUT2D eigenvalue weighted by molar-refractivity contribution is -0.121. The minimum Gasteiger partial charge on any atom is -0.394 e. The molecule has 9 heavy (non-hydrogen) atoms. The van der Waals surface area contributed by atoms with Crippen molar-refractivity contribution in [3.63, 3.8) is 0 Å². The van der Waals surface area contributed by atoms with E-state index in [1.807, 2.05) is 0 Å². The van der Waals surface area contributed by atoms with E-state index in [4.69, 9.17) is 15.3 Å². The van der Waals surface area contributed by atoms with Crippen molar-refractivity contribution >= 4 is 6.29 Å². The fourth-order valence-corrected chi connectivity index (χ4v) is 0.199. The number of aldehydes is 1. The van der Waals surface area contributed by atoms with E-state index in [0.29, 0.717) is 0 Å². The molecule has 0 aliphatic rings. The van der Waals surface area contributed by atoms with Crippen molar-refractivity contribution in [3.8, 4) is 0 Å². The van der Waals surface area contributed by atoms with Crippen molar-refractivity contribution in [3.05, 3.63) is 0 Å². The summed E-state index contributed by atoms with van der Waals surface area (Å²) >= 11 is 0. The van der Waals surface area contributed by atoms with Gasteiger partial charge in [-0.1, -0.05) is 7.43 Å². The second-order valence-corrected chi connectivity index (χ2v) is 1.38. The van der Waals surface area contributed by atoms with Gasteiger partial charge < -0.3 is 20.1 Å². The second kappa shape index (κ2) is 5.68. The summed E-state index contributed by atoms with van der Waals surface area (Å²) in [6, 6.07) is 0. The molecule has 0 saturated heterocycles. The Morgan fingerprint density at radius 3 is 2.00 bits per heavy atom. The van der Waals surface area contributed by atoms with E-state index in [2.05, 4.69) is 0 Å². The molecule has 0 heterocycles. The van der Waals surface area contributed by atoms with E-state index in [0.717, 1.165) is 0 Å². The standard InChI is InChI=1S/C4H8O4.CH4/c5-1-3(7)4(8)2-6;/h1,3-4,6-8H,2H2;1H4/t3-,4+;/m0./s1. The molecule has 0 aromatic carbocycles. The van der Waals surface area contributed by atoms with Gasteiger partial charge in [0.15, 0.2) is 6.29 Å². The van der Waals surface area contributed by atoms with Gasteiger partial charge in [-0.15, -0.1) is 0 Å². The van der Waals surface area contributed by atoms with Crippen LogP contribution in [0.15, 0.2) is 0 Å². The van der Waals surface area contributed by atoms with Crippen molar-refractivity contribution in [2.75, 3.05) is 6.61 Å². The van der Waals surface area contributed by atoms with Crippen LogP contribution in [0, 0.1) is 0 Å². The molecule has 0 radical (unpaired) electrons. The average molecular weight is 136 g/mol. The Morgan fingerprint density at radius 1 is 1.44 bits per heavy atom. The number of hydrogen-bond donors (Lipinski definition) is 3. The topological polar surface area (TPSA) is 77.8 Å². The SMILES string of the molecule is C.O=C[C@H](O)[C@H](O)CO. The lowest BCUT2D eigenvalue weighted by Crippen LogP contribution is -2.30. The van der Waals surface area contributed by atoms with Gasteiger partial charge in [0.25, 0.3) is 0 Å². The molecule has 4 nitrogen and oxygen atoms in total.